The van der Waals surface area contributed by atoms with Crippen LogP contribution in [0.2, 0.25) is 0 Å². The molecule has 0 bridgehead atoms. The number of fused-ring (bicyclic) bond motifs is 1. The third-order valence-corrected chi connectivity index (χ3v) is 7.46. The van der Waals surface area contributed by atoms with Crippen LogP contribution in [0.4, 0.5) is 16.5 Å². The van der Waals surface area contributed by atoms with Crippen LogP contribution in [0.3, 0.4) is 0 Å². The SMILES string of the molecule is Cc1nc(Nc2cccc(C(=O)Nc3sc4c(c3C(N)=O)CCC(C)C4)c2)cc(-c2ccccc2)n1. The normalized spacial score (nSPS) is 14.7. The summed E-state index contributed by atoms with van der Waals surface area (Å²) in [5.74, 6) is 1.03. The van der Waals surface area contributed by atoms with E-state index >= 15 is 0 Å². The zero-order valence-corrected chi connectivity index (χ0v) is 21.0. The van der Waals surface area contributed by atoms with Gasteiger partial charge < -0.3 is 16.4 Å². The minimum absolute atomic E-state index is 0.295. The number of primary amides is 1. The number of hydrogen-bond donors (Lipinski definition) is 3. The predicted molar refractivity (Wildman–Crippen MR) is 144 cm³/mol. The highest BCUT2D eigenvalue weighted by Gasteiger charge is 2.27. The molecule has 0 aliphatic heterocycles. The number of hydrogen-bond acceptors (Lipinski definition) is 6. The van der Waals surface area contributed by atoms with Crippen molar-refractivity contribution in [2.45, 2.75) is 33.1 Å². The van der Waals surface area contributed by atoms with Gasteiger partial charge in [-0.25, -0.2) is 9.97 Å². The van der Waals surface area contributed by atoms with Gasteiger partial charge in [-0.15, -0.1) is 11.3 Å². The zero-order chi connectivity index (χ0) is 25.2. The summed E-state index contributed by atoms with van der Waals surface area (Å²) in [5.41, 5.74) is 10.1. The van der Waals surface area contributed by atoms with Crippen molar-refractivity contribution >= 4 is 39.7 Å². The van der Waals surface area contributed by atoms with Crippen LogP contribution in [-0.2, 0) is 12.8 Å². The van der Waals surface area contributed by atoms with Crippen molar-refractivity contribution in [2.24, 2.45) is 11.7 Å². The van der Waals surface area contributed by atoms with E-state index < -0.39 is 5.91 Å². The van der Waals surface area contributed by atoms with E-state index in [1.54, 1.807) is 18.2 Å². The molecule has 1 aliphatic rings. The second-order valence-corrected chi connectivity index (χ2v) is 10.2. The summed E-state index contributed by atoms with van der Waals surface area (Å²) >= 11 is 1.46. The van der Waals surface area contributed by atoms with Gasteiger partial charge in [0.15, 0.2) is 0 Å². The first-order valence-corrected chi connectivity index (χ1v) is 12.7. The summed E-state index contributed by atoms with van der Waals surface area (Å²) < 4.78 is 0. The van der Waals surface area contributed by atoms with Crippen molar-refractivity contribution in [1.29, 1.82) is 0 Å². The molecular weight excluding hydrogens is 470 g/mol. The number of aromatic nitrogens is 2. The third kappa shape index (κ3) is 4.99. The fraction of sp³-hybridized carbons (Fsp3) is 0.214. The minimum Gasteiger partial charge on any atom is -0.365 e. The molecule has 2 aromatic carbocycles. The molecular formula is C28H27N5O2S. The number of nitrogens with zero attached hydrogens (tertiary/aromatic N) is 2. The molecule has 182 valence electrons. The maximum atomic E-state index is 13.2. The number of carbonyl (C=O) groups is 2. The van der Waals surface area contributed by atoms with Crippen LogP contribution in [0.5, 0.6) is 0 Å². The van der Waals surface area contributed by atoms with Gasteiger partial charge in [0.2, 0.25) is 0 Å². The number of rotatable bonds is 6. The largest absolute Gasteiger partial charge is 0.365 e. The summed E-state index contributed by atoms with van der Waals surface area (Å²) in [7, 11) is 0. The van der Waals surface area contributed by atoms with Crippen molar-refractivity contribution in [2.75, 3.05) is 10.6 Å². The van der Waals surface area contributed by atoms with Crippen molar-refractivity contribution in [3.8, 4) is 11.3 Å². The second kappa shape index (κ2) is 9.91. The number of amides is 2. The molecule has 4 aromatic rings. The van der Waals surface area contributed by atoms with E-state index in [2.05, 4.69) is 27.5 Å². The Labute approximate surface area is 213 Å². The first kappa shape index (κ1) is 23.7. The quantitative estimate of drug-likeness (QED) is 0.315. The molecule has 5 rings (SSSR count). The Balaban J connectivity index is 1.38. The summed E-state index contributed by atoms with van der Waals surface area (Å²) in [6, 6.07) is 19.0. The van der Waals surface area contributed by atoms with Gasteiger partial charge in [0.05, 0.1) is 11.3 Å². The molecule has 1 atom stereocenters. The monoisotopic (exact) mass is 497 g/mol. The molecule has 7 nitrogen and oxygen atoms in total. The standard InChI is InChI=1S/C28H27N5O2S/c1-16-11-12-21-23(13-16)36-28(25(21)26(29)34)33-27(35)19-9-6-10-20(14-19)32-24-15-22(30-17(2)31-24)18-7-4-3-5-8-18/h3-10,14-16H,11-13H2,1-2H3,(H2,29,34)(H,33,35)(H,30,31,32). The van der Waals surface area contributed by atoms with E-state index in [9.17, 15) is 9.59 Å². The topological polar surface area (TPSA) is 110 Å². The molecule has 1 aliphatic carbocycles. The van der Waals surface area contributed by atoms with E-state index in [1.807, 2.05) is 49.4 Å². The van der Waals surface area contributed by atoms with Gasteiger partial charge in [0.25, 0.3) is 11.8 Å². The Morgan fingerprint density at radius 1 is 1.06 bits per heavy atom. The molecule has 0 saturated heterocycles. The first-order valence-electron chi connectivity index (χ1n) is 11.9. The molecule has 8 heteroatoms. The van der Waals surface area contributed by atoms with E-state index in [0.717, 1.165) is 41.0 Å². The van der Waals surface area contributed by atoms with Gasteiger partial charge in [-0.2, -0.15) is 0 Å². The van der Waals surface area contributed by atoms with Crippen molar-refractivity contribution in [3.05, 3.63) is 88.1 Å². The Bertz CT molecular complexity index is 1450. The molecule has 2 heterocycles. The van der Waals surface area contributed by atoms with Crippen LogP contribution in [0.15, 0.2) is 60.7 Å². The highest BCUT2D eigenvalue weighted by Crippen LogP contribution is 2.39. The number of aryl methyl sites for hydroxylation is 1. The lowest BCUT2D eigenvalue weighted by Gasteiger charge is -2.18. The minimum atomic E-state index is -0.499. The summed E-state index contributed by atoms with van der Waals surface area (Å²) in [4.78, 5) is 35.6. The lowest BCUT2D eigenvalue weighted by molar-refractivity contribution is 0.1000. The summed E-state index contributed by atoms with van der Waals surface area (Å²) in [6.07, 6.45) is 2.72. The Hall–Kier alpha value is -4.04. The fourth-order valence-electron chi connectivity index (χ4n) is 4.55. The van der Waals surface area contributed by atoms with Gasteiger partial charge >= 0.3 is 0 Å². The van der Waals surface area contributed by atoms with E-state index in [0.29, 0.717) is 39.4 Å². The molecule has 0 spiro atoms. The highest BCUT2D eigenvalue weighted by molar-refractivity contribution is 7.17. The Morgan fingerprint density at radius 3 is 2.64 bits per heavy atom. The molecule has 0 saturated carbocycles. The van der Waals surface area contributed by atoms with Crippen LogP contribution in [0.25, 0.3) is 11.3 Å². The average Bonchev–Trinajstić information content (AvgIpc) is 3.21. The molecule has 0 radical (unpaired) electrons. The maximum absolute atomic E-state index is 13.2. The number of thiophene rings is 1. The molecule has 0 fully saturated rings. The maximum Gasteiger partial charge on any atom is 0.256 e. The van der Waals surface area contributed by atoms with Gasteiger partial charge in [-0.1, -0.05) is 43.3 Å². The van der Waals surface area contributed by atoms with Crippen LogP contribution in [0, 0.1) is 12.8 Å². The van der Waals surface area contributed by atoms with Gasteiger partial charge in [-0.3, -0.25) is 9.59 Å². The van der Waals surface area contributed by atoms with E-state index in [1.165, 1.54) is 11.3 Å². The lowest BCUT2D eigenvalue weighted by atomic mass is 9.88. The van der Waals surface area contributed by atoms with Crippen molar-refractivity contribution < 1.29 is 9.59 Å². The second-order valence-electron chi connectivity index (χ2n) is 9.13. The number of nitrogens with two attached hydrogens (primary N) is 1. The van der Waals surface area contributed by atoms with Crippen molar-refractivity contribution in [1.82, 2.24) is 9.97 Å². The smallest absolute Gasteiger partial charge is 0.256 e. The first-order chi connectivity index (χ1) is 17.4. The predicted octanol–water partition coefficient (Wildman–Crippen LogP) is 5.73. The Morgan fingerprint density at radius 2 is 1.86 bits per heavy atom. The van der Waals surface area contributed by atoms with Crippen LogP contribution in [0.1, 0.15) is 50.3 Å². The lowest BCUT2D eigenvalue weighted by Crippen LogP contribution is -2.19. The highest BCUT2D eigenvalue weighted by atomic mass is 32.1. The molecule has 2 aromatic heterocycles. The van der Waals surface area contributed by atoms with E-state index in [-0.39, 0.29) is 5.91 Å². The van der Waals surface area contributed by atoms with Crippen molar-refractivity contribution in [3.63, 3.8) is 0 Å². The summed E-state index contributed by atoms with van der Waals surface area (Å²) in [6.45, 7) is 4.05. The van der Waals surface area contributed by atoms with Crippen LogP contribution >= 0.6 is 11.3 Å². The number of nitrogens with one attached hydrogen (secondary N) is 2. The van der Waals surface area contributed by atoms with Crippen LogP contribution in [-0.4, -0.2) is 21.8 Å². The third-order valence-electron chi connectivity index (χ3n) is 6.29. The van der Waals surface area contributed by atoms with Gasteiger partial charge in [-0.05, 0) is 55.9 Å². The number of anilines is 3. The number of carbonyl (C=O) groups excluding carboxylic acids is 2. The Kier molecular flexibility index (Phi) is 6.52. The molecule has 1 unspecified atom stereocenters. The van der Waals surface area contributed by atoms with Gasteiger partial charge in [0.1, 0.15) is 16.6 Å². The summed E-state index contributed by atoms with van der Waals surface area (Å²) in [5, 5.41) is 6.75. The molecule has 36 heavy (non-hydrogen) atoms. The zero-order valence-electron chi connectivity index (χ0n) is 20.2. The average molecular weight is 498 g/mol. The van der Waals surface area contributed by atoms with Gasteiger partial charge in [0, 0.05) is 27.8 Å². The number of benzene rings is 2. The van der Waals surface area contributed by atoms with E-state index in [4.69, 9.17) is 5.73 Å². The fourth-order valence-corrected chi connectivity index (χ4v) is 5.96. The molecule has 2 amide bonds. The molecule has 4 N–H and O–H groups in total. The van der Waals surface area contributed by atoms with Crippen LogP contribution < -0.4 is 16.4 Å².